The quantitative estimate of drug-likeness (QED) is 0.632. The van der Waals surface area contributed by atoms with Crippen molar-refractivity contribution < 1.29 is 9.59 Å². The maximum atomic E-state index is 11.4. The first kappa shape index (κ1) is 10.2. The number of imide groups is 1. The van der Waals surface area contributed by atoms with Gasteiger partial charge in [0.25, 0.3) is 0 Å². The van der Waals surface area contributed by atoms with Gasteiger partial charge >= 0.3 is 0 Å². The fraction of sp³-hybridized carbons (Fsp3) is 0.556. The highest BCUT2D eigenvalue weighted by molar-refractivity contribution is 6.01. The summed E-state index contributed by atoms with van der Waals surface area (Å²) in [5.41, 5.74) is -1.18. The molecule has 5 heteroatoms. The Kier molecular flexibility index (Phi) is 2.83. The van der Waals surface area contributed by atoms with Crippen LogP contribution in [0.3, 0.4) is 0 Å². The fourth-order valence-corrected chi connectivity index (χ4v) is 1.42. The Morgan fingerprint density at radius 2 is 2.14 bits per heavy atom. The van der Waals surface area contributed by atoms with Crippen LogP contribution in [0.2, 0.25) is 0 Å². The lowest BCUT2D eigenvalue weighted by Crippen LogP contribution is -2.48. The lowest BCUT2D eigenvalue weighted by molar-refractivity contribution is -0.139. The number of rotatable bonds is 2. The van der Waals surface area contributed by atoms with E-state index >= 15 is 0 Å². The zero-order valence-electron chi connectivity index (χ0n) is 7.54. The van der Waals surface area contributed by atoms with Gasteiger partial charge in [0.15, 0.2) is 0 Å². The molecule has 0 aromatic heterocycles. The molecule has 1 saturated heterocycles. The van der Waals surface area contributed by atoms with Crippen LogP contribution in [0.1, 0.15) is 25.7 Å². The molecule has 5 nitrogen and oxygen atoms in total. The normalized spacial score (nSPS) is 26.1. The van der Waals surface area contributed by atoms with Crippen molar-refractivity contribution in [2.75, 3.05) is 0 Å². The van der Waals surface area contributed by atoms with Crippen molar-refractivity contribution in [3.63, 3.8) is 0 Å². The van der Waals surface area contributed by atoms with E-state index in [4.69, 9.17) is 10.5 Å². The van der Waals surface area contributed by atoms with Crippen LogP contribution in [0.15, 0.2) is 0 Å². The smallest absolute Gasteiger partial charge is 0.247 e. The number of carbonyl (C=O) groups is 2. The van der Waals surface area contributed by atoms with E-state index in [1.807, 2.05) is 12.1 Å². The van der Waals surface area contributed by atoms with E-state index in [9.17, 15) is 9.59 Å². The Morgan fingerprint density at radius 3 is 2.64 bits per heavy atom. The second-order valence-electron chi connectivity index (χ2n) is 3.23. The van der Waals surface area contributed by atoms with E-state index < -0.39 is 11.3 Å². The second kappa shape index (κ2) is 3.89. The predicted octanol–water partition coefficient (Wildman–Crippen LogP) is 0.237. The van der Waals surface area contributed by atoms with Gasteiger partial charge < -0.3 is 0 Å². The Labute approximate surface area is 81.3 Å². The van der Waals surface area contributed by atoms with Crippen molar-refractivity contribution in [3.05, 3.63) is 0 Å². The molecule has 0 aliphatic carbocycles. The number of nitrogens with one attached hydrogen (secondary N) is 1. The number of nitriles is 2. The van der Waals surface area contributed by atoms with E-state index in [0.717, 1.165) is 0 Å². The summed E-state index contributed by atoms with van der Waals surface area (Å²) in [6, 6.07) is 3.80. The second-order valence-corrected chi connectivity index (χ2v) is 3.23. The third-order valence-electron chi connectivity index (χ3n) is 2.34. The van der Waals surface area contributed by atoms with Crippen LogP contribution in [-0.4, -0.2) is 11.8 Å². The molecule has 0 bridgehead atoms. The van der Waals surface area contributed by atoms with Crippen molar-refractivity contribution >= 4 is 11.8 Å². The molecule has 1 fully saturated rings. The van der Waals surface area contributed by atoms with Crippen molar-refractivity contribution in [1.82, 2.24) is 5.32 Å². The Hall–Kier alpha value is -1.88. The summed E-state index contributed by atoms with van der Waals surface area (Å²) < 4.78 is 0. The van der Waals surface area contributed by atoms with Gasteiger partial charge in [-0.2, -0.15) is 10.5 Å². The summed E-state index contributed by atoms with van der Waals surface area (Å²) in [4.78, 5) is 22.2. The Bertz CT molecular complexity index is 350. The number of nitrogens with zero attached hydrogens (tertiary/aromatic N) is 2. The first-order chi connectivity index (χ1) is 6.64. The minimum atomic E-state index is -1.18. The van der Waals surface area contributed by atoms with E-state index in [1.54, 1.807) is 0 Å². The number of amides is 2. The monoisotopic (exact) mass is 191 g/mol. The maximum absolute atomic E-state index is 11.4. The first-order valence-corrected chi connectivity index (χ1v) is 4.27. The predicted molar refractivity (Wildman–Crippen MR) is 45.3 cm³/mol. The van der Waals surface area contributed by atoms with Gasteiger partial charge in [-0.3, -0.25) is 14.9 Å². The summed E-state index contributed by atoms with van der Waals surface area (Å²) >= 11 is 0. The fourth-order valence-electron chi connectivity index (χ4n) is 1.42. The minimum absolute atomic E-state index is 0.148. The Morgan fingerprint density at radius 1 is 1.43 bits per heavy atom. The molecule has 1 atom stereocenters. The lowest BCUT2D eigenvalue weighted by atomic mass is 9.77. The lowest BCUT2D eigenvalue weighted by Gasteiger charge is -2.27. The van der Waals surface area contributed by atoms with Gasteiger partial charge in [-0.1, -0.05) is 0 Å². The molecule has 72 valence electrons. The van der Waals surface area contributed by atoms with Crippen LogP contribution >= 0.6 is 0 Å². The maximum Gasteiger partial charge on any atom is 0.247 e. The summed E-state index contributed by atoms with van der Waals surface area (Å²) in [6.45, 7) is 0. The number of hydrogen-bond donors (Lipinski definition) is 1. The zero-order chi connectivity index (χ0) is 10.6. The van der Waals surface area contributed by atoms with E-state index in [0.29, 0.717) is 0 Å². The van der Waals surface area contributed by atoms with Crippen LogP contribution in [0, 0.1) is 28.1 Å². The van der Waals surface area contributed by atoms with E-state index in [2.05, 4.69) is 5.32 Å². The average Bonchev–Trinajstić information content (AvgIpc) is 2.18. The van der Waals surface area contributed by atoms with Crippen LogP contribution in [0.5, 0.6) is 0 Å². The molecular formula is C9H9N3O2. The third kappa shape index (κ3) is 1.72. The molecule has 1 aliphatic heterocycles. The molecular weight excluding hydrogens is 182 g/mol. The van der Waals surface area contributed by atoms with Gasteiger partial charge in [0, 0.05) is 12.8 Å². The molecule has 2 amide bonds. The average molecular weight is 191 g/mol. The summed E-state index contributed by atoms with van der Waals surface area (Å²) in [7, 11) is 0. The highest BCUT2D eigenvalue weighted by atomic mass is 16.2. The zero-order valence-corrected chi connectivity index (χ0v) is 7.54. The molecule has 0 aromatic carbocycles. The topological polar surface area (TPSA) is 93.8 Å². The van der Waals surface area contributed by atoms with Crippen molar-refractivity contribution in [2.45, 2.75) is 25.7 Å². The minimum Gasteiger partial charge on any atom is -0.295 e. The van der Waals surface area contributed by atoms with Gasteiger partial charge in [-0.15, -0.1) is 0 Å². The van der Waals surface area contributed by atoms with E-state index in [-0.39, 0.29) is 31.6 Å². The molecule has 14 heavy (non-hydrogen) atoms. The van der Waals surface area contributed by atoms with Crippen LogP contribution in [0.25, 0.3) is 0 Å². The molecule has 0 spiro atoms. The molecule has 1 rings (SSSR count). The molecule has 1 unspecified atom stereocenters. The largest absolute Gasteiger partial charge is 0.295 e. The highest BCUT2D eigenvalue weighted by Crippen LogP contribution is 2.31. The number of carbonyl (C=O) groups excluding carboxylic acids is 2. The highest BCUT2D eigenvalue weighted by Gasteiger charge is 2.42. The standard InChI is InChI=1S/C9H9N3O2/c10-5-1-3-9(6-11)4-2-7(13)12-8(9)14/h1-4H2,(H,12,13,14). The SMILES string of the molecule is N#CCCC1(C#N)CCC(=O)NC1=O. The molecule has 1 heterocycles. The van der Waals surface area contributed by atoms with Gasteiger partial charge in [-0.05, 0) is 12.8 Å². The first-order valence-electron chi connectivity index (χ1n) is 4.27. The van der Waals surface area contributed by atoms with Gasteiger partial charge in [0.05, 0.1) is 12.1 Å². The molecule has 1 N–H and O–H groups in total. The summed E-state index contributed by atoms with van der Waals surface area (Å²) in [5, 5.41) is 19.4. The van der Waals surface area contributed by atoms with Crippen LogP contribution in [0.4, 0.5) is 0 Å². The van der Waals surface area contributed by atoms with Crippen LogP contribution < -0.4 is 5.32 Å². The summed E-state index contributed by atoms with van der Waals surface area (Å²) in [5.74, 6) is -0.913. The molecule has 0 radical (unpaired) electrons. The molecule has 0 aromatic rings. The number of hydrogen-bond acceptors (Lipinski definition) is 4. The van der Waals surface area contributed by atoms with Crippen molar-refractivity contribution in [1.29, 1.82) is 10.5 Å². The third-order valence-corrected chi connectivity index (χ3v) is 2.34. The van der Waals surface area contributed by atoms with Gasteiger partial charge in [0.2, 0.25) is 11.8 Å². The van der Waals surface area contributed by atoms with E-state index in [1.165, 1.54) is 0 Å². The van der Waals surface area contributed by atoms with Crippen molar-refractivity contribution in [2.24, 2.45) is 5.41 Å². The van der Waals surface area contributed by atoms with Gasteiger partial charge in [-0.25, -0.2) is 0 Å². The Balaban J connectivity index is 2.80. The van der Waals surface area contributed by atoms with Crippen molar-refractivity contribution in [3.8, 4) is 12.1 Å². The number of piperidine rings is 1. The summed E-state index contributed by atoms with van der Waals surface area (Å²) in [6.07, 6.45) is 0.731. The molecule has 1 aliphatic rings. The van der Waals surface area contributed by atoms with Gasteiger partial charge in [0.1, 0.15) is 5.41 Å². The van der Waals surface area contributed by atoms with Crippen LogP contribution in [-0.2, 0) is 9.59 Å². The molecule has 0 saturated carbocycles.